The van der Waals surface area contributed by atoms with E-state index >= 15 is 0 Å². The lowest BCUT2D eigenvalue weighted by atomic mass is 10.0. The molecule has 0 aliphatic carbocycles. The molecular weight excluding hydrogens is 315 g/mol. The topological polar surface area (TPSA) is 87.7 Å². The first-order chi connectivity index (χ1) is 11.4. The molecule has 1 aromatic rings. The summed E-state index contributed by atoms with van der Waals surface area (Å²) in [6, 6.07) is 4.29. The van der Waals surface area contributed by atoms with Crippen molar-refractivity contribution in [2.24, 2.45) is 5.92 Å². The van der Waals surface area contributed by atoms with Gasteiger partial charge in [0.2, 0.25) is 5.91 Å². The van der Waals surface area contributed by atoms with Gasteiger partial charge in [-0.1, -0.05) is 26.0 Å². The van der Waals surface area contributed by atoms with Gasteiger partial charge in [-0.05, 0) is 30.9 Å². The van der Waals surface area contributed by atoms with Gasteiger partial charge in [-0.25, -0.2) is 4.39 Å². The van der Waals surface area contributed by atoms with Crippen molar-refractivity contribution in [3.05, 3.63) is 35.6 Å². The van der Waals surface area contributed by atoms with Crippen LogP contribution < -0.4 is 10.6 Å². The first-order valence-corrected chi connectivity index (χ1v) is 8.04. The lowest BCUT2D eigenvalue weighted by molar-refractivity contribution is -0.127. The van der Waals surface area contributed by atoms with Crippen molar-refractivity contribution in [2.45, 2.75) is 45.1 Å². The van der Waals surface area contributed by atoms with E-state index in [1.807, 2.05) is 13.8 Å². The number of ether oxygens (including phenoxy) is 1. The molecule has 0 radical (unpaired) electrons. The van der Waals surface area contributed by atoms with E-state index in [-0.39, 0.29) is 11.5 Å². The van der Waals surface area contributed by atoms with Crippen molar-refractivity contribution in [1.29, 1.82) is 0 Å². The number of nitrogens with one attached hydrogen (secondary N) is 2. The molecule has 132 valence electrons. The van der Waals surface area contributed by atoms with Crippen LogP contribution in [-0.4, -0.2) is 41.9 Å². The summed E-state index contributed by atoms with van der Waals surface area (Å²) in [4.78, 5) is 24.7. The highest BCUT2D eigenvalue weighted by atomic mass is 19.1. The predicted molar refractivity (Wildman–Crippen MR) is 85.6 cm³/mol. The van der Waals surface area contributed by atoms with Crippen LogP contribution in [0.2, 0.25) is 0 Å². The van der Waals surface area contributed by atoms with Gasteiger partial charge in [0.25, 0.3) is 5.91 Å². The lowest BCUT2D eigenvalue weighted by Crippen LogP contribution is -2.52. The first kappa shape index (κ1) is 18.4. The minimum atomic E-state index is -1.05. The van der Waals surface area contributed by atoms with E-state index in [0.29, 0.717) is 19.4 Å². The normalized spacial score (nSPS) is 21.5. The van der Waals surface area contributed by atoms with Crippen LogP contribution in [0.4, 0.5) is 4.39 Å². The summed E-state index contributed by atoms with van der Waals surface area (Å²) in [6.45, 7) is 4.20. The quantitative estimate of drug-likeness (QED) is 0.727. The summed E-state index contributed by atoms with van der Waals surface area (Å²) >= 11 is 0. The van der Waals surface area contributed by atoms with Crippen molar-refractivity contribution in [1.82, 2.24) is 10.6 Å². The summed E-state index contributed by atoms with van der Waals surface area (Å²) < 4.78 is 18.7. The van der Waals surface area contributed by atoms with E-state index in [4.69, 9.17) is 4.74 Å². The second kappa shape index (κ2) is 8.21. The van der Waals surface area contributed by atoms with Gasteiger partial charge in [0, 0.05) is 0 Å². The second-order valence-electron chi connectivity index (χ2n) is 6.30. The van der Waals surface area contributed by atoms with Gasteiger partial charge < -0.3 is 20.5 Å². The summed E-state index contributed by atoms with van der Waals surface area (Å²) in [5.41, 5.74) is -0.108. The zero-order valence-electron chi connectivity index (χ0n) is 13.8. The smallest absolute Gasteiger partial charge is 0.254 e. The largest absolute Gasteiger partial charge is 0.366 e. The first-order valence-electron chi connectivity index (χ1n) is 8.04. The number of aliphatic hydroxyl groups is 1. The minimum Gasteiger partial charge on any atom is -0.366 e. The number of carbonyl (C=O) groups excluding carboxylic acids is 2. The minimum absolute atomic E-state index is 0.108. The number of aliphatic hydroxyl groups excluding tert-OH is 1. The Morgan fingerprint density at radius 1 is 1.38 bits per heavy atom. The molecule has 1 heterocycles. The molecule has 0 saturated carbocycles. The third-order valence-corrected chi connectivity index (χ3v) is 3.84. The number of hydrogen-bond acceptors (Lipinski definition) is 4. The van der Waals surface area contributed by atoms with Crippen LogP contribution in [-0.2, 0) is 9.53 Å². The third kappa shape index (κ3) is 4.75. The van der Waals surface area contributed by atoms with Crippen molar-refractivity contribution in [3.8, 4) is 0 Å². The lowest BCUT2D eigenvalue weighted by Gasteiger charge is -2.23. The van der Waals surface area contributed by atoms with E-state index < -0.39 is 36.0 Å². The Morgan fingerprint density at radius 3 is 2.67 bits per heavy atom. The monoisotopic (exact) mass is 338 g/mol. The molecule has 7 heteroatoms. The fraction of sp³-hybridized carbons (Fsp3) is 0.529. The van der Waals surface area contributed by atoms with Gasteiger partial charge in [-0.15, -0.1) is 0 Å². The van der Waals surface area contributed by atoms with Crippen LogP contribution in [0.3, 0.4) is 0 Å². The summed E-state index contributed by atoms with van der Waals surface area (Å²) in [5.74, 6) is -1.55. The molecule has 1 fully saturated rings. The number of carbonyl (C=O) groups is 2. The number of benzene rings is 1. The predicted octanol–water partition coefficient (Wildman–Crippen LogP) is 1.19. The summed E-state index contributed by atoms with van der Waals surface area (Å²) in [7, 11) is 0. The van der Waals surface area contributed by atoms with Gasteiger partial charge in [-0.3, -0.25) is 9.59 Å². The number of amides is 2. The molecule has 0 aromatic heterocycles. The van der Waals surface area contributed by atoms with E-state index in [9.17, 15) is 19.1 Å². The Labute approximate surface area is 140 Å². The molecule has 0 spiro atoms. The highest BCUT2D eigenvalue weighted by molar-refractivity contribution is 5.97. The molecule has 3 atom stereocenters. The fourth-order valence-corrected chi connectivity index (χ4v) is 2.59. The zero-order valence-corrected chi connectivity index (χ0v) is 13.8. The highest BCUT2D eigenvalue weighted by Crippen LogP contribution is 2.13. The molecule has 1 aliphatic rings. The average molecular weight is 338 g/mol. The van der Waals surface area contributed by atoms with Crippen LogP contribution >= 0.6 is 0 Å². The number of rotatable bonds is 6. The van der Waals surface area contributed by atoms with Crippen LogP contribution in [0.1, 0.15) is 37.0 Å². The van der Waals surface area contributed by atoms with Crippen molar-refractivity contribution in [3.63, 3.8) is 0 Å². The van der Waals surface area contributed by atoms with Gasteiger partial charge in [-0.2, -0.15) is 0 Å². The molecule has 0 bridgehead atoms. The molecule has 3 N–H and O–H groups in total. The fourth-order valence-electron chi connectivity index (χ4n) is 2.59. The SMILES string of the molecule is CC(C)C[C@H](NC(=O)c1ccccc1F)C(=O)N[C@H]1CCOC1O. The molecule has 6 nitrogen and oxygen atoms in total. The van der Waals surface area contributed by atoms with Crippen LogP contribution in [0.5, 0.6) is 0 Å². The van der Waals surface area contributed by atoms with Gasteiger partial charge in [0.1, 0.15) is 11.9 Å². The van der Waals surface area contributed by atoms with Crippen LogP contribution in [0, 0.1) is 11.7 Å². The molecule has 1 unspecified atom stereocenters. The second-order valence-corrected chi connectivity index (χ2v) is 6.30. The molecule has 1 aliphatic heterocycles. The van der Waals surface area contributed by atoms with Crippen molar-refractivity contribution < 1.29 is 23.8 Å². The summed E-state index contributed by atoms with van der Waals surface area (Å²) in [5, 5.41) is 14.9. The summed E-state index contributed by atoms with van der Waals surface area (Å²) in [6.07, 6.45) is -0.144. The highest BCUT2D eigenvalue weighted by Gasteiger charge is 2.31. The Balaban J connectivity index is 2.06. The molecule has 1 saturated heterocycles. The maximum absolute atomic E-state index is 13.7. The Hall–Kier alpha value is -1.99. The zero-order chi connectivity index (χ0) is 17.7. The average Bonchev–Trinajstić information content (AvgIpc) is 2.91. The standard InChI is InChI=1S/C17H23FN2O4/c1-10(2)9-14(16(22)19-13-7-8-24-17(13)23)20-15(21)11-5-3-4-6-12(11)18/h3-6,10,13-14,17,23H,7-9H2,1-2H3,(H,19,22)(H,20,21)/t13-,14-,17?/m0/s1. The molecule has 24 heavy (non-hydrogen) atoms. The van der Waals surface area contributed by atoms with E-state index in [0.717, 1.165) is 0 Å². The number of halogens is 1. The van der Waals surface area contributed by atoms with E-state index in [1.54, 1.807) is 6.07 Å². The molecular formula is C17H23FN2O4. The molecule has 2 amide bonds. The Kier molecular flexibility index (Phi) is 6.28. The van der Waals surface area contributed by atoms with Crippen LogP contribution in [0.15, 0.2) is 24.3 Å². The number of hydrogen-bond donors (Lipinski definition) is 3. The Morgan fingerprint density at radius 2 is 2.08 bits per heavy atom. The third-order valence-electron chi connectivity index (χ3n) is 3.84. The maximum Gasteiger partial charge on any atom is 0.254 e. The van der Waals surface area contributed by atoms with Gasteiger partial charge in [0.15, 0.2) is 6.29 Å². The van der Waals surface area contributed by atoms with Crippen molar-refractivity contribution >= 4 is 11.8 Å². The Bertz CT molecular complexity index is 594. The van der Waals surface area contributed by atoms with E-state index in [2.05, 4.69) is 10.6 Å². The van der Waals surface area contributed by atoms with E-state index in [1.165, 1.54) is 18.2 Å². The molecule has 1 aromatic carbocycles. The van der Waals surface area contributed by atoms with Crippen molar-refractivity contribution in [2.75, 3.05) is 6.61 Å². The van der Waals surface area contributed by atoms with Gasteiger partial charge >= 0.3 is 0 Å². The maximum atomic E-state index is 13.7. The van der Waals surface area contributed by atoms with Crippen LogP contribution in [0.25, 0.3) is 0 Å². The molecule has 2 rings (SSSR count). The van der Waals surface area contributed by atoms with Gasteiger partial charge in [0.05, 0.1) is 18.2 Å².